The van der Waals surface area contributed by atoms with Gasteiger partial charge in [0.25, 0.3) is 0 Å². The van der Waals surface area contributed by atoms with Crippen LogP contribution in [-0.2, 0) is 9.59 Å². The SMILES string of the molecule is CCOc1ccccc1NC(=O)CC(C)(C)CC(=O)O. The minimum absolute atomic E-state index is 0.0481. The zero-order chi connectivity index (χ0) is 15.2. The number of ether oxygens (including phenoxy) is 1. The summed E-state index contributed by atoms with van der Waals surface area (Å²) in [6.45, 7) is 5.90. The average Bonchev–Trinajstić information content (AvgIpc) is 2.29. The highest BCUT2D eigenvalue weighted by atomic mass is 16.5. The molecule has 0 aliphatic carbocycles. The molecule has 0 unspecified atom stereocenters. The maximum absolute atomic E-state index is 12.0. The third-order valence-electron chi connectivity index (χ3n) is 2.73. The van der Waals surface area contributed by atoms with Crippen molar-refractivity contribution in [2.24, 2.45) is 5.41 Å². The molecule has 5 nitrogen and oxygen atoms in total. The molecular weight excluding hydrogens is 258 g/mol. The van der Waals surface area contributed by atoms with E-state index in [1.54, 1.807) is 32.0 Å². The van der Waals surface area contributed by atoms with Crippen LogP contribution in [0, 0.1) is 5.41 Å². The Bertz CT molecular complexity index is 483. The summed E-state index contributed by atoms with van der Waals surface area (Å²) in [7, 11) is 0. The van der Waals surface area contributed by atoms with E-state index in [-0.39, 0.29) is 18.7 Å². The molecule has 0 aliphatic heterocycles. The molecule has 0 bridgehead atoms. The maximum Gasteiger partial charge on any atom is 0.303 e. The van der Waals surface area contributed by atoms with Gasteiger partial charge in [0.2, 0.25) is 5.91 Å². The van der Waals surface area contributed by atoms with Gasteiger partial charge in [0.1, 0.15) is 5.75 Å². The molecule has 20 heavy (non-hydrogen) atoms. The van der Waals surface area contributed by atoms with Crippen LogP contribution in [0.25, 0.3) is 0 Å². The summed E-state index contributed by atoms with van der Waals surface area (Å²) in [5, 5.41) is 11.6. The molecule has 1 amide bonds. The summed E-state index contributed by atoms with van der Waals surface area (Å²) in [6.07, 6.45) is 0.0906. The zero-order valence-corrected chi connectivity index (χ0v) is 12.1. The third-order valence-corrected chi connectivity index (χ3v) is 2.73. The van der Waals surface area contributed by atoms with Crippen LogP contribution in [-0.4, -0.2) is 23.6 Å². The predicted octanol–water partition coefficient (Wildman–Crippen LogP) is 2.91. The van der Waals surface area contributed by atoms with Crippen molar-refractivity contribution in [1.82, 2.24) is 0 Å². The molecule has 0 heterocycles. The monoisotopic (exact) mass is 279 g/mol. The minimum atomic E-state index is -0.905. The fraction of sp³-hybridized carbons (Fsp3) is 0.467. The normalized spacial score (nSPS) is 10.9. The summed E-state index contributed by atoms with van der Waals surface area (Å²) in [6, 6.07) is 7.17. The molecule has 0 saturated carbocycles. The average molecular weight is 279 g/mol. The fourth-order valence-electron chi connectivity index (χ4n) is 1.95. The number of amides is 1. The van der Waals surface area contributed by atoms with Gasteiger partial charge in [0.05, 0.1) is 18.7 Å². The lowest BCUT2D eigenvalue weighted by Crippen LogP contribution is -2.25. The molecule has 0 spiro atoms. The van der Waals surface area contributed by atoms with Gasteiger partial charge in [-0.3, -0.25) is 9.59 Å². The second-order valence-electron chi connectivity index (χ2n) is 5.39. The van der Waals surface area contributed by atoms with Crippen molar-refractivity contribution >= 4 is 17.6 Å². The summed E-state index contributed by atoms with van der Waals surface area (Å²) in [4.78, 5) is 22.7. The van der Waals surface area contributed by atoms with E-state index in [9.17, 15) is 9.59 Å². The predicted molar refractivity (Wildman–Crippen MR) is 76.9 cm³/mol. The van der Waals surface area contributed by atoms with Crippen molar-refractivity contribution in [2.45, 2.75) is 33.6 Å². The van der Waals surface area contributed by atoms with Crippen molar-refractivity contribution in [2.75, 3.05) is 11.9 Å². The van der Waals surface area contributed by atoms with Crippen LogP contribution in [0.1, 0.15) is 33.6 Å². The topological polar surface area (TPSA) is 75.6 Å². The van der Waals surface area contributed by atoms with E-state index in [2.05, 4.69) is 5.32 Å². The molecule has 0 aliphatic rings. The van der Waals surface area contributed by atoms with Gasteiger partial charge in [-0.25, -0.2) is 0 Å². The Morgan fingerprint density at radius 1 is 1.25 bits per heavy atom. The highest BCUT2D eigenvalue weighted by Crippen LogP contribution is 2.28. The number of carbonyl (C=O) groups is 2. The number of nitrogens with one attached hydrogen (secondary N) is 1. The van der Waals surface area contributed by atoms with E-state index in [4.69, 9.17) is 9.84 Å². The van der Waals surface area contributed by atoms with E-state index in [0.29, 0.717) is 18.0 Å². The number of para-hydroxylation sites is 2. The smallest absolute Gasteiger partial charge is 0.303 e. The van der Waals surface area contributed by atoms with E-state index in [0.717, 1.165) is 0 Å². The number of anilines is 1. The quantitative estimate of drug-likeness (QED) is 0.804. The third kappa shape index (κ3) is 5.30. The lowest BCUT2D eigenvalue weighted by atomic mass is 9.85. The molecule has 0 saturated heterocycles. The summed E-state index contributed by atoms with van der Waals surface area (Å²) < 4.78 is 5.42. The highest BCUT2D eigenvalue weighted by Gasteiger charge is 2.25. The molecule has 1 aromatic rings. The van der Waals surface area contributed by atoms with Crippen LogP contribution in [0.3, 0.4) is 0 Å². The lowest BCUT2D eigenvalue weighted by molar-refractivity contribution is -0.139. The van der Waals surface area contributed by atoms with Gasteiger partial charge >= 0.3 is 5.97 Å². The van der Waals surface area contributed by atoms with E-state index >= 15 is 0 Å². The number of hydrogen-bond donors (Lipinski definition) is 2. The van der Waals surface area contributed by atoms with E-state index in [1.807, 2.05) is 13.0 Å². The summed E-state index contributed by atoms with van der Waals surface area (Å²) >= 11 is 0. The van der Waals surface area contributed by atoms with Crippen LogP contribution in [0.15, 0.2) is 24.3 Å². The summed E-state index contributed by atoms with van der Waals surface area (Å²) in [5.41, 5.74) is 0.0155. The van der Waals surface area contributed by atoms with Gasteiger partial charge in [-0.15, -0.1) is 0 Å². The fourth-order valence-corrected chi connectivity index (χ4v) is 1.95. The maximum atomic E-state index is 12.0. The Balaban J connectivity index is 2.69. The molecule has 5 heteroatoms. The number of carboxylic acids is 1. The first-order chi connectivity index (χ1) is 9.34. The van der Waals surface area contributed by atoms with Gasteiger partial charge in [0, 0.05) is 6.42 Å². The van der Waals surface area contributed by atoms with Crippen molar-refractivity contribution in [3.05, 3.63) is 24.3 Å². The number of carbonyl (C=O) groups excluding carboxylic acids is 1. The number of benzene rings is 1. The van der Waals surface area contributed by atoms with Crippen molar-refractivity contribution in [1.29, 1.82) is 0 Å². The minimum Gasteiger partial charge on any atom is -0.492 e. The first-order valence-corrected chi connectivity index (χ1v) is 6.57. The molecule has 0 fully saturated rings. The first-order valence-electron chi connectivity index (χ1n) is 6.57. The Labute approximate surface area is 118 Å². The van der Waals surface area contributed by atoms with Crippen LogP contribution in [0.5, 0.6) is 5.75 Å². The van der Waals surface area contributed by atoms with Crippen LogP contribution < -0.4 is 10.1 Å². The van der Waals surface area contributed by atoms with Crippen LogP contribution in [0.4, 0.5) is 5.69 Å². The molecule has 0 radical (unpaired) electrons. The lowest BCUT2D eigenvalue weighted by Gasteiger charge is -2.21. The number of carboxylic acid groups (broad SMARTS) is 1. The second-order valence-corrected chi connectivity index (χ2v) is 5.39. The number of aliphatic carboxylic acids is 1. The standard InChI is InChI=1S/C15H21NO4/c1-4-20-12-8-6-5-7-11(12)16-13(17)9-15(2,3)10-14(18)19/h5-8H,4,9-10H2,1-3H3,(H,16,17)(H,18,19). The molecule has 1 aromatic carbocycles. The van der Waals surface area contributed by atoms with Gasteiger partial charge < -0.3 is 15.2 Å². The molecule has 1 rings (SSSR count). The molecule has 0 aromatic heterocycles. The Kier molecular flexibility index (Phi) is 5.55. The summed E-state index contributed by atoms with van der Waals surface area (Å²) in [5.74, 6) is -0.514. The van der Waals surface area contributed by atoms with E-state index in [1.165, 1.54) is 0 Å². The first kappa shape index (κ1) is 16.0. The molecule has 2 N–H and O–H groups in total. The number of hydrogen-bond acceptors (Lipinski definition) is 3. The van der Waals surface area contributed by atoms with Gasteiger partial charge in [0.15, 0.2) is 0 Å². The van der Waals surface area contributed by atoms with Crippen molar-refractivity contribution < 1.29 is 19.4 Å². The van der Waals surface area contributed by atoms with Crippen LogP contribution >= 0.6 is 0 Å². The van der Waals surface area contributed by atoms with Crippen molar-refractivity contribution in [3.63, 3.8) is 0 Å². The van der Waals surface area contributed by atoms with E-state index < -0.39 is 11.4 Å². The van der Waals surface area contributed by atoms with Gasteiger partial charge in [-0.1, -0.05) is 26.0 Å². The van der Waals surface area contributed by atoms with Gasteiger partial charge in [-0.2, -0.15) is 0 Å². The zero-order valence-electron chi connectivity index (χ0n) is 12.1. The Hall–Kier alpha value is -2.04. The molecule has 0 atom stereocenters. The second kappa shape index (κ2) is 6.93. The molecule has 110 valence electrons. The van der Waals surface area contributed by atoms with Crippen LogP contribution in [0.2, 0.25) is 0 Å². The number of rotatable bonds is 7. The Morgan fingerprint density at radius 2 is 1.90 bits per heavy atom. The highest BCUT2D eigenvalue weighted by molar-refractivity contribution is 5.92. The van der Waals surface area contributed by atoms with Gasteiger partial charge in [-0.05, 0) is 24.5 Å². The molecular formula is C15H21NO4. The largest absolute Gasteiger partial charge is 0.492 e. The van der Waals surface area contributed by atoms with Crippen molar-refractivity contribution in [3.8, 4) is 5.75 Å². The Morgan fingerprint density at radius 3 is 2.50 bits per heavy atom.